The molecule has 0 amide bonds. The fourth-order valence-electron chi connectivity index (χ4n) is 0.684. The largest absolute Gasteiger partial charge is 2.00 e. The average molecular weight is 390 g/mol. The van der Waals surface area contributed by atoms with Crippen LogP contribution in [0.2, 0.25) is 0 Å². The maximum absolute atomic E-state index is 8.74. The number of hydrogen-bond acceptors (Lipinski definition) is 2. The molecule has 0 spiro atoms. The third-order valence-electron chi connectivity index (χ3n) is 1.21. The monoisotopic (exact) mass is 390 g/mol. The van der Waals surface area contributed by atoms with Gasteiger partial charge in [-0.2, -0.15) is 81.2 Å². The van der Waals surface area contributed by atoms with Gasteiger partial charge in [0.25, 0.3) is 0 Å². The van der Waals surface area contributed by atoms with E-state index < -0.39 is 10.4 Å². The first-order valence-electron chi connectivity index (χ1n) is 4.52. The van der Waals surface area contributed by atoms with Crippen LogP contribution < -0.4 is 0 Å². The molecule has 0 bridgehead atoms. The summed E-state index contributed by atoms with van der Waals surface area (Å²) < 4.78 is 31.6. The van der Waals surface area contributed by atoms with Crippen LogP contribution in [0.1, 0.15) is 0 Å². The van der Waals surface area contributed by atoms with E-state index in [1.54, 1.807) is 0 Å². The van der Waals surface area contributed by atoms with E-state index in [4.69, 9.17) is 17.5 Å². The van der Waals surface area contributed by atoms with Crippen molar-refractivity contribution >= 4 is 59.3 Å². The molecule has 0 unspecified atom stereocenters. The van der Waals surface area contributed by atoms with Gasteiger partial charge in [0.05, 0.1) is 0 Å². The summed E-state index contributed by atoms with van der Waals surface area (Å²) in [4.78, 5) is 0. The van der Waals surface area contributed by atoms with Gasteiger partial charge in [-0.1, -0.05) is 0 Å². The van der Waals surface area contributed by atoms with Crippen LogP contribution in [0.3, 0.4) is 0 Å². The number of rotatable bonds is 0. The van der Waals surface area contributed by atoms with Crippen LogP contribution in [0.15, 0.2) is 60.7 Å². The van der Waals surface area contributed by atoms with Crippen molar-refractivity contribution in [2.24, 2.45) is 0 Å². The summed E-state index contributed by atoms with van der Waals surface area (Å²) >= 11 is 0. The maximum Gasteiger partial charge on any atom is 2.00 e. The molecule has 2 aromatic carbocycles. The van der Waals surface area contributed by atoms with Crippen LogP contribution in [0.25, 0.3) is 0 Å². The summed E-state index contributed by atoms with van der Waals surface area (Å²) in [6.07, 6.45) is 0. The van der Waals surface area contributed by atoms with Gasteiger partial charge in [-0.3, -0.25) is 9.11 Å². The van der Waals surface area contributed by atoms with Gasteiger partial charge in [0, 0.05) is 0 Å². The Morgan fingerprint density at radius 1 is 0.667 bits per heavy atom. The fourth-order valence-corrected chi connectivity index (χ4v) is 0.684. The second-order valence-corrected chi connectivity index (χ2v) is 3.50. The molecule has 0 saturated heterocycles. The quantitative estimate of drug-likeness (QED) is 0.410. The molecule has 0 heterocycles. The molecule has 0 aromatic heterocycles. The first-order chi connectivity index (χ1) is 8.00. The molecule has 0 aliphatic heterocycles. The second kappa shape index (κ2) is 13.3. The molecule has 0 fully saturated rings. The fraction of sp³-hybridized carbons (Fsp3) is 0. The van der Waals surface area contributed by atoms with E-state index in [0.29, 0.717) is 0 Å². The van der Waals surface area contributed by atoms with Crippen molar-refractivity contribution in [1.29, 1.82) is 0 Å². The van der Waals surface area contributed by atoms with Crippen LogP contribution in [-0.4, -0.2) is 66.4 Å². The maximum atomic E-state index is 8.74. The molecular formula is C12H12BaO4S. The second-order valence-electron chi connectivity index (χ2n) is 2.60. The third kappa shape index (κ3) is 24.9. The van der Waals surface area contributed by atoms with Crippen molar-refractivity contribution in [3.63, 3.8) is 0 Å². The Kier molecular flexibility index (Phi) is 14.9. The Hall–Kier alpha value is -0.119. The van der Waals surface area contributed by atoms with E-state index in [9.17, 15) is 0 Å². The van der Waals surface area contributed by atoms with Crippen LogP contribution in [0, 0.1) is 12.1 Å². The molecule has 0 aliphatic carbocycles. The molecule has 6 heteroatoms. The summed E-state index contributed by atoms with van der Waals surface area (Å²) in [5.41, 5.74) is 0. The Morgan fingerprint density at radius 3 is 0.944 bits per heavy atom. The standard InChI is InChI=1S/2C6H5.Ba.H2O4S/c2*1-2-4-6-5-3-1;;1-5(2,3)4/h2*1-5H;;(H2,1,2,3,4)/q2*-1;+2;. The predicted molar refractivity (Wildman–Crippen MR) is 70.5 cm³/mol. The van der Waals surface area contributed by atoms with Gasteiger partial charge < -0.3 is 0 Å². The van der Waals surface area contributed by atoms with E-state index in [1.807, 2.05) is 60.7 Å². The van der Waals surface area contributed by atoms with Gasteiger partial charge in [-0.05, 0) is 0 Å². The van der Waals surface area contributed by atoms with Gasteiger partial charge in [-0.15, -0.1) is 0 Å². The zero-order chi connectivity index (χ0) is 13.0. The van der Waals surface area contributed by atoms with Crippen LogP contribution in [0.4, 0.5) is 0 Å². The van der Waals surface area contributed by atoms with Gasteiger partial charge >= 0.3 is 59.3 Å². The van der Waals surface area contributed by atoms with Crippen molar-refractivity contribution in [2.75, 3.05) is 0 Å². The Bertz CT molecular complexity index is 367. The van der Waals surface area contributed by atoms with E-state index in [-0.39, 0.29) is 48.9 Å². The molecule has 0 saturated carbocycles. The first-order valence-corrected chi connectivity index (χ1v) is 5.92. The summed E-state index contributed by atoms with van der Waals surface area (Å²) in [7, 11) is -4.67. The summed E-state index contributed by atoms with van der Waals surface area (Å²) in [6, 6.07) is 25.0. The number of benzene rings is 2. The van der Waals surface area contributed by atoms with Crippen molar-refractivity contribution in [1.82, 2.24) is 0 Å². The van der Waals surface area contributed by atoms with E-state index in [2.05, 4.69) is 12.1 Å². The van der Waals surface area contributed by atoms with Crippen molar-refractivity contribution in [3.05, 3.63) is 72.8 Å². The molecule has 0 radical (unpaired) electrons. The molecule has 92 valence electrons. The molecule has 0 aliphatic rings. The van der Waals surface area contributed by atoms with E-state index in [1.165, 1.54) is 0 Å². The smallest absolute Gasteiger partial charge is 0.264 e. The van der Waals surface area contributed by atoms with Crippen LogP contribution in [0.5, 0.6) is 0 Å². The van der Waals surface area contributed by atoms with Gasteiger partial charge in [0.15, 0.2) is 0 Å². The SMILES string of the molecule is O=S(=O)(O)O.[Ba+2].[c-]1ccccc1.[c-]1ccccc1. The molecule has 2 N–H and O–H groups in total. The molecule has 4 nitrogen and oxygen atoms in total. The summed E-state index contributed by atoms with van der Waals surface area (Å²) in [5.74, 6) is 0. The normalized spacial score (nSPS) is 8.56. The zero-order valence-electron chi connectivity index (χ0n) is 9.60. The Morgan fingerprint density at radius 2 is 0.889 bits per heavy atom. The van der Waals surface area contributed by atoms with Crippen LogP contribution in [-0.2, 0) is 10.4 Å². The molecule has 2 rings (SSSR count). The molecule has 18 heavy (non-hydrogen) atoms. The summed E-state index contributed by atoms with van der Waals surface area (Å²) in [6.45, 7) is 0. The topological polar surface area (TPSA) is 74.6 Å². The Labute approximate surface area is 148 Å². The van der Waals surface area contributed by atoms with Crippen molar-refractivity contribution < 1.29 is 17.5 Å². The van der Waals surface area contributed by atoms with Gasteiger partial charge in [0.2, 0.25) is 0 Å². The first kappa shape index (κ1) is 20.2. The predicted octanol–water partition coefficient (Wildman–Crippen LogP) is 1.94. The van der Waals surface area contributed by atoms with E-state index >= 15 is 0 Å². The van der Waals surface area contributed by atoms with Crippen LogP contribution >= 0.6 is 0 Å². The number of hydrogen-bond donors (Lipinski definition) is 2. The molecular weight excluding hydrogens is 378 g/mol. The van der Waals surface area contributed by atoms with Gasteiger partial charge in [-0.25, -0.2) is 0 Å². The minimum Gasteiger partial charge on any atom is -0.264 e. The van der Waals surface area contributed by atoms with Crippen molar-refractivity contribution in [2.45, 2.75) is 0 Å². The third-order valence-corrected chi connectivity index (χ3v) is 1.21. The Balaban J connectivity index is 0. The van der Waals surface area contributed by atoms with E-state index in [0.717, 1.165) is 0 Å². The van der Waals surface area contributed by atoms with Gasteiger partial charge in [0.1, 0.15) is 0 Å². The average Bonchev–Trinajstić information content (AvgIpc) is 2.32. The molecule has 0 atom stereocenters. The minimum absolute atomic E-state index is 0. The zero-order valence-corrected chi connectivity index (χ0v) is 14.9. The molecule has 2 aromatic rings. The minimum atomic E-state index is -4.67. The van der Waals surface area contributed by atoms with Crippen molar-refractivity contribution in [3.8, 4) is 0 Å². The summed E-state index contributed by atoms with van der Waals surface area (Å²) in [5, 5.41) is 0.